The number of hydrogen-bond donors (Lipinski definition) is 1. The lowest BCUT2D eigenvalue weighted by atomic mass is 10.1. The van der Waals surface area contributed by atoms with Gasteiger partial charge in [0.1, 0.15) is 5.76 Å². The molecule has 0 saturated heterocycles. The smallest absolute Gasteiger partial charge is 0.273 e. The molecule has 5 heteroatoms. The molecule has 2 aromatic rings. The Kier molecular flexibility index (Phi) is 6.23. The number of aromatic nitrogens is 1. The van der Waals surface area contributed by atoms with E-state index in [0.717, 1.165) is 56.5 Å². The van der Waals surface area contributed by atoms with Crippen molar-refractivity contribution < 1.29 is 9.32 Å². The van der Waals surface area contributed by atoms with Crippen LogP contribution in [0.15, 0.2) is 34.9 Å². The molecule has 1 amide bonds. The molecule has 3 rings (SSSR count). The van der Waals surface area contributed by atoms with Crippen molar-refractivity contribution in [2.75, 3.05) is 20.1 Å². The van der Waals surface area contributed by atoms with Crippen molar-refractivity contribution in [1.29, 1.82) is 0 Å². The molecule has 0 aliphatic heterocycles. The molecule has 1 aliphatic carbocycles. The van der Waals surface area contributed by atoms with Crippen LogP contribution >= 0.6 is 0 Å². The number of benzene rings is 1. The van der Waals surface area contributed by atoms with E-state index in [2.05, 4.69) is 46.7 Å². The van der Waals surface area contributed by atoms with Crippen molar-refractivity contribution >= 4 is 5.91 Å². The molecule has 5 nitrogen and oxygen atoms in total. The normalized spacial score (nSPS) is 14.2. The first-order valence-electron chi connectivity index (χ1n) is 9.22. The van der Waals surface area contributed by atoms with E-state index >= 15 is 0 Å². The molecule has 0 radical (unpaired) electrons. The quantitative estimate of drug-likeness (QED) is 0.621. The van der Waals surface area contributed by atoms with E-state index in [4.69, 9.17) is 4.52 Å². The van der Waals surface area contributed by atoms with Gasteiger partial charge in [0.15, 0.2) is 5.69 Å². The predicted molar refractivity (Wildman–Crippen MR) is 97.5 cm³/mol. The lowest BCUT2D eigenvalue weighted by molar-refractivity contribution is 0.0942. The topological polar surface area (TPSA) is 58.4 Å². The summed E-state index contributed by atoms with van der Waals surface area (Å²) in [5.74, 6) is 0.808. The van der Waals surface area contributed by atoms with Crippen LogP contribution in [-0.4, -0.2) is 36.1 Å². The van der Waals surface area contributed by atoms with Crippen LogP contribution < -0.4 is 5.32 Å². The molecule has 0 atom stereocenters. The fourth-order valence-electron chi connectivity index (χ4n) is 3.35. The van der Waals surface area contributed by atoms with Crippen LogP contribution in [0.2, 0.25) is 0 Å². The summed E-state index contributed by atoms with van der Waals surface area (Å²) in [6, 6.07) is 10.4. The highest BCUT2D eigenvalue weighted by Crippen LogP contribution is 2.23. The molecule has 0 fully saturated rings. The molecule has 25 heavy (non-hydrogen) atoms. The van der Waals surface area contributed by atoms with Crippen LogP contribution in [0.3, 0.4) is 0 Å². The maximum absolute atomic E-state index is 12.4. The molecule has 0 saturated carbocycles. The number of fused-ring (bicyclic) bond motifs is 1. The number of nitrogens with zero attached hydrogens (tertiary/aromatic N) is 2. The third-order valence-corrected chi connectivity index (χ3v) is 4.71. The van der Waals surface area contributed by atoms with E-state index < -0.39 is 0 Å². The van der Waals surface area contributed by atoms with Gasteiger partial charge in [0.05, 0.1) is 0 Å². The van der Waals surface area contributed by atoms with Gasteiger partial charge in [-0.25, -0.2) is 0 Å². The van der Waals surface area contributed by atoms with Gasteiger partial charge in [-0.05, 0) is 44.8 Å². The zero-order valence-electron chi connectivity index (χ0n) is 15.0. The molecule has 1 N–H and O–H groups in total. The highest BCUT2D eigenvalue weighted by atomic mass is 16.5. The van der Waals surface area contributed by atoms with Crippen molar-refractivity contribution in [2.45, 2.75) is 45.1 Å². The molecule has 1 aromatic carbocycles. The summed E-state index contributed by atoms with van der Waals surface area (Å²) in [7, 11) is 2.10. The maximum Gasteiger partial charge on any atom is 0.273 e. The van der Waals surface area contributed by atoms with E-state index in [0.29, 0.717) is 12.2 Å². The number of carbonyl (C=O) groups excluding carboxylic acids is 1. The summed E-state index contributed by atoms with van der Waals surface area (Å²) in [5, 5.41) is 7.00. The van der Waals surface area contributed by atoms with E-state index in [9.17, 15) is 4.79 Å². The SMILES string of the molecule is CN(CCCNC(=O)c1noc2c1CCCCC2)Cc1ccccc1. The summed E-state index contributed by atoms with van der Waals surface area (Å²) in [5.41, 5.74) is 2.82. The molecular weight excluding hydrogens is 314 g/mol. The minimum absolute atomic E-state index is 0.0994. The monoisotopic (exact) mass is 341 g/mol. The second-order valence-corrected chi connectivity index (χ2v) is 6.83. The van der Waals surface area contributed by atoms with Gasteiger partial charge >= 0.3 is 0 Å². The lowest BCUT2D eigenvalue weighted by Crippen LogP contribution is -2.29. The molecule has 134 valence electrons. The Morgan fingerprint density at radius 3 is 2.84 bits per heavy atom. The molecule has 1 aliphatic rings. The third-order valence-electron chi connectivity index (χ3n) is 4.71. The highest BCUT2D eigenvalue weighted by Gasteiger charge is 2.22. The summed E-state index contributed by atoms with van der Waals surface area (Å²) < 4.78 is 5.38. The summed E-state index contributed by atoms with van der Waals surface area (Å²) in [4.78, 5) is 14.6. The van der Waals surface area contributed by atoms with Gasteiger partial charge in [0.2, 0.25) is 0 Å². The van der Waals surface area contributed by atoms with Gasteiger partial charge in [-0.2, -0.15) is 0 Å². The van der Waals surface area contributed by atoms with Gasteiger partial charge in [0, 0.05) is 25.1 Å². The van der Waals surface area contributed by atoms with E-state index in [1.807, 2.05) is 6.07 Å². The first-order chi connectivity index (χ1) is 12.2. The zero-order chi connectivity index (χ0) is 17.5. The van der Waals surface area contributed by atoms with Crippen molar-refractivity contribution in [2.24, 2.45) is 0 Å². The Morgan fingerprint density at radius 2 is 2.00 bits per heavy atom. The summed E-state index contributed by atoms with van der Waals surface area (Å²) >= 11 is 0. The highest BCUT2D eigenvalue weighted by molar-refractivity contribution is 5.93. The number of rotatable bonds is 7. The third kappa shape index (κ3) is 4.92. The van der Waals surface area contributed by atoms with Crippen LogP contribution in [0.25, 0.3) is 0 Å². The molecule has 0 unspecified atom stereocenters. The van der Waals surface area contributed by atoms with Crippen LogP contribution in [0.4, 0.5) is 0 Å². The molecule has 0 spiro atoms. The predicted octanol–water partition coefficient (Wildman–Crippen LogP) is 3.20. The first-order valence-corrected chi connectivity index (χ1v) is 9.22. The number of amides is 1. The lowest BCUT2D eigenvalue weighted by Gasteiger charge is -2.16. The zero-order valence-corrected chi connectivity index (χ0v) is 15.0. The van der Waals surface area contributed by atoms with Crippen molar-refractivity contribution in [3.63, 3.8) is 0 Å². The molecular formula is C20H27N3O2. The minimum Gasteiger partial charge on any atom is -0.360 e. The standard InChI is InChI=1S/C20H27N3O2/c1-23(15-16-9-4-2-5-10-16)14-8-13-21-20(24)19-17-11-6-3-7-12-18(17)25-22-19/h2,4-5,9-10H,3,6-8,11-15H2,1H3,(H,21,24). The Morgan fingerprint density at radius 1 is 1.20 bits per heavy atom. The molecule has 0 bridgehead atoms. The van der Waals surface area contributed by atoms with E-state index in [1.165, 1.54) is 12.0 Å². The van der Waals surface area contributed by atoms with Gasteiger partial charge in [0.25, 0.3) is 5.91 Å². The van der Waals surface area contributed by atoms with Gasteiger partial charge in [-0.1, -0.05) is 41.9 Å². The van der Waals surface area contributed by atoms with Crippen LogP contribution in [0.1, 0.15) is 53.1 Å². The fourth-order valence-corrected chi connectivity index (χ4v) is 3.35. The van der Waals surface area contributed by atoms with Crippen LogP contribution in [0, 0.1) is 0 Å². The van der Waals surface area contributed by atoms with Crippen molar-refractivity contribution in [3.05, 3.63) is 52.9 Å². The van der Waals surface area contributed by atoms with Crippen LogP contribution in [0.5, 0.6) is 0 Å². The van der Waals surface area contributed by atoms with Gasteiger partial charge in [-0.15, -0.1) is 0 Å². The van der Waals surface area contributed by atoms with Crippen molar-refractivity contribution in [1.82, 2.24) is 15.4 Å². The Hall–Kier alpha value is -2.14. The van der Waals surface area contributed by atoms with E-state index in [-0.39, 0.29) is 5.91 Å². The Balaban J connectivity index is 1.42. The van der Waals surface area contributed by atoms with Crippen molar-refractivity contribution in [3.8, 4) is 0 Å². The number of aryl methyl sites for hydroxylation is 1. The molecule has 1 heterocycles. The largest absolute Gasteiger partial charge is 0.360 e. The van der Waals surface area contributed by atoms with Gasteiger partial charge < -0.3 is 14.7 Å². The van der Waals surface area contributed by atoms with E-state index in [1.54, 1.807) is 0 Å². The average molecular weight is 341 g/mol. The summed E-state index contributed by atoms with van der Waals surface area (Å²) in [6.45, 7) is 2.51. The number of nitrogens with one attached hydrogen (secondary N) is 1. The maximum atomic E-state index is 12.4. The Labute approximate surface area is 149 Å². The number of hydrogen-bond acceptors (Lipinski definition) is 4. The minimum atomic E-state index is -0.0994. The average Bonchev–Trinajstić information content (AvgIpc) is 2.88. The van der Waals surface area contributed by atoms with Gasteiger partial charge in [-0.3, -0.25) is 4.79 Å². The first kappa shape index (κ1) is 17.7. The second kappa shape index (κ2) is 8.81. The fraction of sp³-hybridized carbons (Fsp3) is 0.500. The molecule has 1 aromatic heterocycles. The Bertz CT molecular complexity index is 682. The summed E-state index contributed by atoms with van der Waals surface area (Å²) in [6.07, 6.45) is 6.14. The second-order valence-electron chi connectivity index (χ2n) is 6.83. The van der Waals surface area contributed by atoms with Crippen LogP contribution in [-0.2, 0) is 19.4 Å². The number of carbonyl (C=O) groups is 1.